The van der Waals surface area contributed by atoms with Gasteiger partial charge >= 0.3 is 12.1 Å². The number of pyridine rings is 1. The van der Waals surface area contributed by atoms with Crippen molar-refractivity contribution in [3.8, 4) is 0 Å². The first-order valence-electron chi connectivity index (χ1n) is 9.49. The third-order valence-electron chi connectivity index (χ3n) is 3.60. The Morgan fingerprint density at radius 3 is 2.66 bits per heavy atom. The summed E-state index contributed by atoms with van der Waals surface area (Å²) in [7, 11) is 1.34. The maximum absolute atomic E-state index is 12.5. The van der Waals surface area contributed by atoms with Gasteiger partial charge in [0.1, 0.15) is 5.60 Å². The predicted octanol–water partition coefficient (Wildman–Crippen LogP) is 2.62. The largest absolute Gasteiger partial charge is 0.468 e. The molecule has 1 aromatic heterocycles. The zero-order chi connectivity index (χ0) is 21.7. The molecule has 1 N–H and O–H groups in total. The van der Waals surface area contributed by atoms with Gasteiger partial charge in [-0.15, -0.1) is 11.8 Å². The molecule has 0 saturated carbocycles. The standard InChI is InChI=1S/C20H31N3O5S/c1-20(2,3)28-19(26)23(14-16-7-5-9-21-13-16)11-6-10-22-17(24)8-12-29-15-18(25)27-4/h5,7,9,13H,6,8,10-12,14-15H2,1-4H3,(H,22,24). The Balaban J connectivity index is 2.40. The van der Waals surface area contributed by atoms with E-state index in [-0.39, 0.29) is 17.6 Å². The quantitative estimate of drug-likeness (QED) is 0.430. The van der Waals surface area contributed by atoms with E-state index in [9.17, 15) is 14.4 Å². The van der Waals surface area contributed by atoms with E-state index >= 15 is 0 Å². The molecule has 0 bridgehead atoms. The molecule has 2 amide bonds. The lowest BCUT2D eigenvalue weighted by molar-refractivity contribution is -0.137. The summed E-state index contributed by atoms with van der Waals surface area (Å²) in [5.74, 6) is 0.402. The predicted molar refractivity (Wildman–Crippen MR) is 112 cm³/mol. The van der Waals surface area contributed by atoms with Crippen molar-refractivity contribution in [2.45, 2.75) is 45.8 Å². The first-order chi connectivity index (χ1) is 13.7. The first-order valence-corrected chi connectivity index (χ1v) is 10.6. The summed E-state index contributed by atoms with van der Waals surface area (Å²) in [5.41, 5.74) is 0.324. The van der Waals surface area contributed by atoms with Gasteiger partial charge < -0.3 is 19.7 Å². The van der Waals surface area contributed by atoms with Crippen LogP contribution in [0.5, 0.6) is 0 Å². The molecule has 0 saturated heterocycles. The van der Waals surface area contributed by atoms with Crippen molar-refractivity contribution in [1.82, 2.24) is 15.2 Å². The smallest absolute Gasteiger partial charge is 0.410 e. The lowest BCUT2D eigenvalue weighted by Crippen LogP contribution is -2.38. The summed E-state index contributed by atoms with van der Waals surface area (Å²) in [6, 6.07) is 3.72. The summed E-state index contributed by atoms with van der Waals surface area (Å²) < 4.78 is 10.0. The number of ether oxygens (including phenoxy) is 2. The van der Waals surface area contributed by atoms with Crippen molar-refractivity contribution in [2.24, 2.45) is 0 Å². The first kappa shape index (κ1) is 24.7. The number of carbonyl (C=O) groups is 3. The molecular weight excluding hydrogens is 394 g/mol. The number of esters is 1. The average Bonchev–Trinajstić information content (AvgIpc) is 2.66. The number of nitrogens with one attached hydrogen (secondary N) is 1. The molecule has 29 heavy (non-hydrogen) atoms. The fourth-order valence-corrected chi connectivity index (χ4v) is 3.00. The lowest BCUT2D eigenvalue weighted by Gasteiger charge is -2.27. The minimum Gasteiger partial charge on any atom is -0.468 e. The molecule has 1 aromatic rings. The van der Waals surface area contributed by atoms with Gasteiger partial charge in [-0.3, -0.25) is 14.6 Å². The second-order valence-corrected chi connectivity index (χ2v) is 8.45. The van der Waals surface area contributed by atoms with Gasteiger partial charge in [0.2, 0.25) is 5.91 Å². The SMILES string of the molecule is COC(=O)CSCCC(=O)NCCCN(Cc1cccnc1)C(=O)OC(C)(C)C. The third-order valence-corrected chi connectivity index (χ3v) is 4.53. The highest BCUT2D eigenvalue weighted by molar-refractivity contribution is 7.99. The minimum atomic E-state index is -0.583. The van der Waals surface area contributed by atoms with Gasteiger partial charge in [-0.05, 0) is 38.8 Å². The van der Waals surface area contributed by atoms with Crippen molar-refractivity contribution >= 4 is 29.7 Å². The molecule has 0 radical (unpaired) electrons. The van der Waals surface area contributed by atoms with Crippen molar-refractivity contribution < 1.29 is 23.9 Å². The number of carbonyl (C=O) groups excluding carboxylic acids is 3. The maximum atomic E-state index is 12.5. The van der Waals surface area contributed by atoms with Crippen LogP contribution in [0.3, 0.4) is 0 Å². The van der Waals surface area contributed by atoms with E-state index in [0.29, 0.717) is 38.2 Å². The number of amides is 2. The van der Waals surface area contributed by atoms with Crippen LogP contribution >= 0.6 is 11.8 Å². The Labute approximate surface area is 176 Å². The Bertz CT molecular complexity index is 649. The molecule has 0 aromatic carbocycles. The van der Waals surface area contributed by atoms with Crippen LogP contribution in [0.2, 0.25) is 0 Å². The van der Waals surface area contributed by atoms with Crippen LogP contribution in [0.25, 0.3) is 0 Å². The zero-order valence-electron chi connectivity index (χ0n) is 17.6. The highest BCUT2D eigenvalue weighted by Gasteiger charge is 2.22. The normalized spacial score (nSPS) is 10.9. The fourth-order valence-electron chi connectivity index (χ4n) is 2.24. The van der Waals surface area contributed by atoms with Crippen molar-refractivity contribution in [2.75, 3.05) is 31.7 Å². The molecule has 0 atom stereocenters. The van der Waals surface area contributed by atoms with E-state index in [4.69, 9.17) is 4.74 Å². The van der Waals surface area contributed by atoms with Gasteiger partial charge in [-0.25, -0.2) is 4.79 Å². The molecule has 1 rings (SSSR count). The Morgan fingerprint density at radius 2 is 2.03 bits per heavy atom. The van der Waals surface area contributed by atoms with Gasteiger partial charge in [0.05, 0.1) is 19.4 Å². The van der Waals surface area contributed by atoms with E-state index in [2.05, 4.69) is 15.0 Å². The molecule has 0 aliphatic rings. The second-order valence-electron chi connectivity index (χ2n) is 7.35. The molecule has 1 heterocycles. The molecule has 0 unspecified atom stereocenters. The number of rotatable bonds is 11. The van der Waals surface area contributed by atoms with Gasteiger partial charge in [-0.1, -0.05) is 6.07 Å². The lowest BCUT2D eigenvalue weighted by atomic mass is 10.2. The van der Waals surface area contributed by atoms with E-state index in [1.165, 1.54) is 18.9 Å². The van der Waals surface area contributed by atoms with E-state index < -0.39 is 11.7 Å². The van der Waals surface area contributed by atoms with Crippen LogP contribution < -0.4 is 5.32 Å². The van der Waals surface area contributed by atoms with Crippen molar-refractivity contribution in [1.29, 1.82) is 0 Å². The fraction of sp³-hybridized carbons (Fsp3) is 0.600. The topological polar surface area (TPSA) is 97.8 Å². The maximum Gasteiger partial charge on any atom is 0.410 e. The van der Waals surface area contributed by atoms with Crippen LogP contribution in [0.4, 0.5) is 4.79 Å². The number of methoxy groups -OCH3 is 1. The Kier molecular flexibility index (Phi) is 11.1. The van der Waals surface area contributed by atoms with Crippen LogP contribution in [-0.2, 0) is 25.6 Å². The Morgan fingerprint density at radius 1 is 1.28 bits per heavy atom. The van der Waals surface area contributed by atoms with Crippen molar-refractivity contribution in [3.63, 3.8) is 0 Å². The number of hydrogen-bond donors (Lipinski definition) is 1. The Hall–Kier alpha value is -2.29. The highest BCUT2D eigenvalue weighted by Crippen LogP contribution is 2.13. The van der Waals surface area contributed by atoms with Crippen LogP contribution in [0.1, 0.15) is 39.2 Å². The van der Waals surface area contributed by atoms with Gasteiger partial charge in [0.15, 0.2) is 0 Å². The molecular formula is C20H31N3O5S. The molecule has 0 aliphatic heterocycles. The summed E-state index contributed by atoms with van der Waals surface area (Å²) in [6.45, 7) is 6.76. The van der Waals surface area contributed by atoms with E-state index in [1.807, 2.05) is 32.9 Å². The molecule has 0 aliphatic carbocycles. The van der Waals surface area contributed by atoms with Crippen LogP contribution in [-0.4, -0.2) is 65.2 Å². The van der Waals surface area contributed by atoms with Crippen LogP contribution in [0, 0.1) is 0 Å². The summed E-state index contributed by atoms with van der Waals surface area (Å²) in [5, 5.41) is 2.83. The van der Waals surface area contributed by atoms with Gasteiger partial charge in [-0.2, -0.15) is 0 Å². The van der Waals surface area contributed by atoms with Crippen molar-refractivity contribution in [3.05, 3.63) is 30.1 Å². The van der Waals surface area contributed by atoms with Crippen LogP contribution in [0.15, 0.2) is 24.5 Å². The average molecular weight is 426 g/mol. The summed E-state index contributed by atoms with van der Waals surface area (Å²) in [4.78, 5) is 41.1. The molecule has 162 valence electrons. The van der Waals surface area contributed by atoms with E-state index in [0.717, 1.165) is 5.56 Å². The second kappa shape index (κ2) is 13.0. The van der Waals surface area contributed by atoms with E-state index in [1.54, 1.807) is 17.3 Å². The van der Waals surface area contributed by atoms with Gasteiger partial charge in [0.25, 0.3) is 0 Å². The third kappa shape index (κ3) is 12.0. The molecule has 8 nitrogen and oxygen atoms in total. The van der Waals surface area contributed by atoms with Gasteiger partial charge in [0, 0.05) is 37.7 Å². The monoisotopic (exact) mass is 425 g/mol. The number of hydrogen-bond acceptors (Lipinski definition) is 7. The summed E-state index contributed by atoms with van der Waals surface area (Å²) in [6.07, 6.45) is 3.92. The minimum absolute atomic E-state index is 0.0848. The molecule has 0 spiro atoms. The number of aromatic nitrogens is 1. The molecule has 9 heteroatoms. The number of nitrogens with zero attached hydrogens (tertiary/aromatic N) is 2. The zero-order valence-corrected chi connectivity index (χ0v) is 18.4. The highest BCUT2D eigenvalue weighted by atomic mass is 32.2. The summed E-state index contributed by atoms with van der Waals surface area (Å²) >= 11 is 1.36. The number of thioether (sulfide) groups is 1. The molecule has 0 fully saturated rings.